The molecular formula is C19H26N4. The van der Waals surface area contributed by atoms with Gasteiger partial charge in [0.15, 0.2) is 0 Å². The number of benzene rings is 1. The first-order valence-corrected chi connectivity index (χ1v) is 8.55. The van der Waals surface area contributed by atoms with Crippen molar-refractivity contribution >= 4 is 5.82 Å². The van der Waals surface area contributed by atoms with Gasteiger partial charge in [0, 0.05) is 50.3 Å². The number of anilines is 1. The van der Waals surface area contributed by atoms with Crippen LogP contribution < -0.4 is 10.2 Å². The molecule has 1 aromatic carbocycles. The van der Waals surface area contributed by atoms with Crippen LogP contribution in [-0.2, 0) is 12.8 Å². The third kappa shape index (κ3) is 3.70. The molecule has 4 nitrogen and oxygen atoms in total. The van der Waals surface area contributed by atoms with E-state index in [0.717, 1.165) is 56.4 Å². The third-order valence-electron chi connectivity index (χ3n) is 4.43. The van der Waals surface area contributed by atoms with E-state index in [-0.39, 0.29) is 0 Å². The Morgan fingerprint density at radius 2 is 1.91 bits per heavy atom. The lowest BCUT2D eigenvalue weighted by atomic mass is 10.0. The Kier molecular flexibility index (Phi) is 4.91. The van der Waals surface area contributed by atoms with Crippen LogP contribution in [0.4, 0.5) is 5.82 Å². The van der Waals surface area contributed by atoms with E-state index in [4.69, 9.17) is 9.97 Å². The molecule has 0 saturated carbocycles. The van der Waals surface area contributed by atoms with Gasteiger partial charge in [-0.25, -0.2) is 9.97 Å². The molecule has 23 heavy (non-hydrogen) atoms. The molecule has 1 fully saturated rings. The average molecular weight is 310 g/mol. The van der Waals surface area contributed by atoms with Gasteiger partial charge in [0.2, 0.25) is 0 Å². The van der Waals surface area contributed by atoms with Gasteiger partial charge in [0.05, 0.1) is 0 Å². The van der Waals surface area contributed by atoms with Crippen LogP contribution in [0, 0.1) is 13.8 Å². The predicted molar refractivity (Wildman–Crippen MR) is 95.2 cm³/mol. The zero-order valence-corrected chi connectivity index (χ0v) is 14.4. The number of nitrogens with zero attached hydrogens (tertiary/aromatic N) is 3. The largest absolute Gasteiger partial charge is 0.354 e. The molecule has 0 unspecified atom stereocenters. The molecule has 2 heterocycles. The second kappa shape index (κ2) is 7.09. The van der Waals surface area contributed by atoms with E-state index in [0.29, 0.717) is 0 Å². The van der Waals surface area contributed by atoms with E-state index >= 15 is 0 Å². The second-order valence-corrected chi connectivity index (χ2v) is 6.28. The molecule has 0 amide bonds. The number of aryl methyl sites for hydroxylation is 3. The van der Waals surface area contributed by atoms with Crippen molar-refractivity contribution in [3.05, 3.63) is 52.5 Å². The Bertz CT molecular complexity index is 675. The Labute approximate surface area is 139 Å². The molecule has 1 N–H and O–H groups in total. The first-order valence-electron chi connectivity index (χ1n) is 8.55. The van der Waals surface area contributed by atoms with Crippen LogP contribution in [-0.4, -0.2) is 36.1 Å². The van der Waals surface area contributed by atoms with Gasteiger partial charge in [-0.05, 0) is 19.4 Å². The van der Waals surface area contributed by atoms with Crippen molar-refractivity contribution in [3.8, 4) is 0 Å². The molecule has 1 aliphatic heterocycles. The molecule has 0 atom stereocenters. The van der Waals surface area contributed by atoms with Crippen molar-refractivity contribution in [3.63, 3.8) is 0 Å². The summed E-state index contributed by atoms with van der Waals surface area (Å²) in [7, 11) is 0. The van der Waals surface area contributed by atoms with Crippen molar-refractivity contribution in [2.45, 2.75) is 33.6 Å². The van der Waals surface area contributed by atoms with Crippen molar-refractivity contribution in [1.82, 2.24) is 15.3 Å². The molecular weight excluding hydrogens is 284 g/mol. The maximum absolute atomic E-state index is 4.88. The molecule has 0 radical (unpaired) electrons. The fourth-order valence-electron chi connectivity index (χ4n) is 3.17. The molecule has 1 aliphatic rings. The first-order chi connectivity index (χ1) is 11.2. The second-order valence-electron chi connectivity index (χ2n) is 6.28. The minimum atomic E-state index is 0.880. The molecule has 0 spiro atoms. The van der Waals surface area contributed by atoms with E-state index in [1.165, 1.54) is 16.7 Å². The smallest absolute Gasteiger partial charge is 0.136 e. The third-order valence-corrected chi connectivity index (χ3v) is 4.43. The molecule has 0 bridgehead atoms. The lowest BCUT2D eigenvalue weighted by Gasteiger charge is -2.31. The monoisotopic (exact) mass is 310 g/mol. The molecule has 1 aromatic heterocycles. The van der Waals surface area contributed by atoms with Gasteiger partial charge in [-0.15, -0.1) is 0 Å². The fourth-order valence-corrected chi connectivity index (χ4v) is 3.17. The highest BCUT2D eigenvalue weighted by molar-refractivity contribution is 5.52. The van der Waals surface area contributed by atoms with Crippen molar-refractivity contribution in [1.29, 1.82) is 0 Å². The number of hydrogen-bond acceptors (Lipinski definition) is 4. The summed E-state index contributed by atoms with van der Waals surface area (Å²) < 4.78 is 0. The molecule has 0 aliphatic carbocycles. The zero-order valence-electron chi connectivity index (χ0n) is 14.4. The van der Waals surface area contributed by atoms with Crippen LogP contribution in [0.1, 0.15) is 35.1 Å². The number of piperazine rings is 1. The summed E-state index contributed by atoms with van der Waals surface area (Å²) in [4.78, 5) is 12.0. The normalized spacial score (nSPS) is 15.0. The van der Waals surface area contributed by atoms with Crippen LogP contribution in [0.2, 0.25) is 0 Å². The summed E-state index contributed by atoms with van der Waals surface area (Å²) in [6.45, 7) is 10.5. The maximum Gasteiger partial charge on any atom is 0.136 e. The van der Waals surface area contributed by atoms with Gasteiger partial charge < -0.3 is 10.2 Å². The Morgan fingerprint density at radius 3 is 2.61 bits per heavy atom. The number of aromatic nitrogens is 2. The van der Waals surface area contributed by atoms with Gasteiger partial charge in [-0.2, -0.15) is 0 Å². The Balaban J connectivity index is 1.99. The summed E-state index contributed by atoms with van der Waals surface area (Å²) in [5, 5.41) is 3.42. The van der Waals surface area contributed by atoms with Crippen LogP contribution in [0.3, 0.4) is 0 Å². The summed E-state index contributed by atoms with van der Waals surface area (Å²) >= 11 is 0. The van der Waals surface area contributed by atoms with Gasteiger partial charge in [-0.1, -0.05) is 36.8 Å². The van der Waals surface area contributed by atoms with Crippen LogP contribution in [0.25, 0.3) is 0 Å². The highest BCUT2D eigenvalue weighted by atomic mass is 15.2. The van der Waals surface area contributed by atoms with Crippen molar-refractivity contribution in [2.24, 2.45) is 0 Å². The van der Waals surface area contributed by atoms with Gasteiger partial charge in [-0.3, -0.25) is 0 Å². The summed E-state index contributed by atoms with van der Waals surface area (Å²) in [5.74, 6) is 2.08. The number of rotatable bonds is 4. The topological polar surface area (TPSA) is 41.1 Å². The molecule has 3 rings (SSSR count). The molecule has 122 valence electrons. The summed E-state index contributed by atoms with van der Waals surface area (Å²) in [6, 6.07) is 8.73. The Morgan fingerprint density at radius 1 is 1.13 bits per heavy atom. The predicted octanol–water partition coefficient (Wildman–Crippen LogP) is 2.66. The highest BCUT2D eigenvalue weighted by Crippen LogP contribution is 2.25. The highest BCUT2D eigenvalue weighted by Gasteiger charge is 2.19. The van der Waals surface area contributed by atoms with E-state index in [1.54, 1.807) is 0 Å². The lowest BCUT2D eigenvalue weighted by molar-refractivity contribution is 0.581. The van der Waals surface area contributed by atoms with E-state index < -0.39 is 0 Å². The van der Waals surface area contributed by atoms with Crippen molar-refractivity contribution < 1.29 is 0 Å². The minimum Gasteiger partial charge on any atom is -0.354 e. The molecule has 2 aromatic rings. The fraction of sp³-hybridized carbons (Fsp3) is 0.474. The minimum absolute atomic E-state index is 0.880. The quantitative estimate of drug-likeness (QED) is 0.942. The van der Waals surface area contributed by atoms with E-state index in [2.05, 4.69) is 55.3 Å². The number of nitrogens with one attached hydrogen (secondary N) is 1. The maximum atomic E-state index is 4.88. The zero-order chi connectivity index (χ0) is 16.2. The lowest BCUT2D eigenvalue weighted by Crippen LogP contribution is -2.44. The van der Waals surface area contributed by atoms with Gasteiger partial charge >= 0.3 is 0 Å². The van der Waals surface area contributed by atoms with Gasteiger partial charge in [0.25, 0.3) is 0 Å². The van der Waals surface area contributed by atoms with Crippen molar-refractivity contribution in [2.75, 3.05) is 31.1 Å². The average Bonchev–Trinajstić information content (AvgIpc) is 2.57. The SMILES string of the molecule is CCc1nc(C)c(Cc2cccc(C)c2)c(N2CCNCC2)n1. The standard InChI is InChI=1S/C19H26N4/c1-4-18-21-15(3)17(13-16-7-5-6-14(2)12-16)19(22-18)23-10-8-20-9-11-23/h5-7,12,20H,4,8-11,13H2,1-3H3. The summed E-state index contributed by atoms with van der Waals surface area (Å²) in [5.41, 5.74) is 5.02. The van der Waals surface area contributed by atoms with E-state index in [1.807, 2.05) is 0 Å². The summed E-state index contributed by atoms with van der Waals surface area (Å²) in [6.07, 6.45) is 1.78. The number of hydrogen-bond donors (Lipinski definition) is 1. The molecule has 1 saturated heterocycles. The van der Waals surface area contributed by atoms with Crippen LogP contribution in [0.5, 0.6) is 0 Å². The van der Waals surface area contributed by atoms with Crippen LogP contribution in [0.15, 0.2) is 24.3 Å². The Hall–Kier alpha value is -1.94. The van der Waals surface area contributed by atoms with Crippen LogP contribution >= 0.6 is 0 Å². The van der Waals surface area contributed by atoms with E-state index in [9.17, 15) is 0 Å². The first kappa shape index (κ1) is 15.9. The molecule has 4 heteroatoms. The van der Waals surface area contributed by atoms with Gasteiger partial charge in [0.1, 0.15) is 11.6 Å².